The monoisotopic (exact) mass is 339 g/mol. The molecule has 1 heterocycles. The summed E-state index contributed by atoms with van der Waals surface area (Å²) in [5.41, 5.74) is -0.822. The van der Waals surface area contributed by atoms with Gasteiger partial charge >= 0.3 is 58.4 Å². The first kappa shape index (κ1) is 19.5. The summed E-state index contributed by atoms with van der Waals surface area (Å²) in [5, 5.41) is 3.93. The van der Waals surface area contributed by atoms with Crippen LogP contribution in [0.1, 0.15) is 12.7 Å². The molecule has 0 radical (unpaired) electrons. The predicted molar refractivity (Wildman–Crippen MR) is 71.7 cm³/mol. The number of halogens is 3. The fourth-order valence-electron chi connectivity index (χ4n) is 1.85. The molecule has 0 spiro atoms. The van der Waals surface area contributed by atoms with E-state index in [-0.39, 0.29) is 69.5 Å². The number of hydrogen-bond acceptors (Lipinski definition) is 4. The van der Waals surface area contributed by atoms with Crippen LogP contribution in [-0.4, -0.2) is 28.9 Å². The van der Waals surface area contributed by atoms with Gasteiger partial charge in [0.15, 0.2) is 5.82 Å². The summed E-state index contributed by atoms with van der Waals surface area (Å²) in [7, 11) is 1.31. The maximum absolute atomic E-state index is 13.1. The van der Waals surface area contributed by atoms with Gasteiger partial charge in [0.05, 0.1) is 12.9 Å². The molecule has 0 aliphatic carbocycles. The molecule has 0 aliphatic rings. The third-order valence-corrected chi connectivity index (χ3v) is 2.92. The Hall–Kier alpha value is -0.549. The predicted octanol–water partition coefficient (Wildman–Crippen LogP) is -1.06. The fraction of sp³-hybridized carbons (Fsp3) is 0.333. The number of aromatic nitrogens is 3. The smallest absolute Gasteiger partial charge is 0.497 e. The molecule has 0 atom stereocenters. The number of methoxy groups -OCH3 is 1. The minimum atomic E-state index is -5.20. The Morgan fingerprint density at radius 1 is 1.27 bits per heavy atom. The molecule has 0 fully saturated rings. The van der Waals surface area contributed by atoms with Crippen molar-refractivity contribution < 1.29 is 73.8 Å². The molecule has 0 aliphatic heterocycles. The van der Waals surface area contributed by atoms with Crippen LogP contribution in [0.15, 0.2) is 24.5 Å². The number of ether oxygens (including phenoxy) is 2. The second-order valence-electron chi connectivity index (χ2n) is 4.26. The van der Waals surface area contributed by atoms with Gasteiger partial charge in [0, 0.05) is 6.54 Å². The Bertz CT molecular complexity index is 622. The molecule has 0 N–H and O–H groups in total. The maximum Gasteiger partial charge on any atom is 1.00 e. The van der Waals surface area contributed by atoms with Gasteiger partial charge in [-0.05, 0) is 25.1 Å². The summed E-state index contributed by atoms with van der Waals surface area (Å²) in [5.74, 6) is 0.358. The topological polar surface area (TPSA) is 49.2 Å². The average molecular weight is 339 g/mol. The Morgan fingerprint density at radius 2 is 2.00 bits per heavy atom. The van der Waals surface area contributed by atoms with E-state index in [2.05, 4.69) is 10.1 Å². The molecule has 2 rings (SSSR count). The third-order valence-electron chi connectivity index (χ3n) is 2.92. The average Bonchev–Trinajstić information content (AvgIpc) is 2.91. The minimum Gasteiger partial charge on any atom is -0.497 e. The molecule has 0 amide bonds. The van der Waals surface area contributed by atoms with Crippen molar-refractivity contribution in [1.82, 2.24) is 14.8 Å². The SMILES string of the molecule is CCn1ncnc1COc1ccc(OC)cc1[B-](F)(F)F.[K+]. The van der Waals surface area contributed by atoms with E-state index in [1.165, 1.54) is 25.6 Å². The number of benzene rings is 1. The molecule has 2 aromatic rings. The first-order valence-corrected chi connectivity index (χ1v) is 6.33. The summed E-state index contributed by atoms with van der Waals surface area (Å²) >= 11 is 0. The molecule has 5 nitrogen and oxygen atoms in total. The maximum atomic E-state index is 13.1. The standard InChI is InChI=1S/C12H14BF3N3O2.K/c1-3-19-12(17-8-18-19)7-21-11-5-4-9(20-2)6-10(11)13(14,15)16;/h4-6,8H,3,7H2,1-2H3;/q-1;+1. The second kappa shape index (κ2) is 8.34. The van der Waals surface area contributed by atoms with Gasteiger partial charge in [-0.25, -0.2) is 9.67 Å². The Morgan fingerprint density at radius 3 is 2.59 bits per heavy atom. The molecule has 0 unspecified atom stereocenters. The molecular formula is C12H14BF3KN3O2. The molecule has 22 heavy (non-hydrogen) atoms. The Balaban J connectivity index is 0.00000242. The van der Waals surface area contributed by atoms with E-state index in [0.29, 0.717) is 12.4 Å². The van der Waals surface area contributed by atoms with Gasteiger partial charge in [-0.3, -0.25) is 0 Å². The number of aryl methyl sites for hydroxylation is 1. The zero-order valence-electron chi connectivity index (χ0n) is 12.6. The van der Waals surface area contributed by atoms with E-state index in [0.717, 1.165) is 6.07 Å². The quantitative estimate of drug-likeness (QED) is 0.630. The summed E-state index contributed by atoms with van der Waals surface area (Å²) in [4.78, 5) is 3.95. The molecule has 1 aromatic heterocycles. The molecule has 0 bridgehead atoms. The Kier molecular flexibility index (Phi) is 7.40. The van der Waals surface area contributed by atoms with Crippen molar-refractivity contribution in [3.63, 3.8) is 0 Å². The normalized spacial score (nSPS) is 11.0. The van der Waals surface area contributed by atoms with Gasteiger partial charge in [0.2, 0.25) is 0 Å². The van der Waals surface area contributed by atoms with Crippen molar-refractivity contribution >= 4 is 12.4 Å². The molecule has 0 saturated heterocycles. The minimum absolute atomic E-state index is 0. The van der Waals surface area contributed by atoms with Gasteiger partial charge in [-0.15, -0.1) is 0 Å². The van der Waals surface area contributed by atoms with Crippen LogP contribution in [0.2, 0.25) is 0 Å². The van der Waals surface area contributed by atoms with E-state index in [1.54, 1.807) is 4.68 Å². The fourth-order valence-corrected chi connectivity index (χ4v) is 1.85. The van der Waals surface area contributed by atoms with Crippen molar-refractivity contribution in [2.24, 2.45) is 0 Å². The number of nitrogens with zero attached hydrogens (tertiary/aromatic N) is 3. The molecule has 114 valence electrons. The van der Waals surface area contributed by atoms with Crippen LogP contribution in [0.5, 0.6) is 11.5 Å². The van der Waals surface area contributed by atoms with Crippen LogP contribution < -0.4 is 66.3 Å². The summed E-state index contributed by atoms with van der Waals surface area (Å²) < 4.78 is 50.9. The van der Waals surface area contributed by atoms with Gasteiger partial charge < -0.3 is 22.4 Å². The van der Waals surface area contributed by atoms with Crippen molar-refractivity contribution in [1.29, 1.82) is 0 Å². The van der Waals surface area contributed by atoms with Crippen molar-refractivity contribution in [2.45, 2.75) is 20.1 Å². The third kappa shape index (κ3) is 4.72. The zero-order chi connectivity index (χ0) is 15.5. The molecule has 0 saturated carbocycles. The van der Waals surface area contributed by atoms with Gasteiger partial charge in [-0.1, -0.05) is 5.46 Å². The Labute approximate surface area is 168 Å². The van der Waals surface area contributed by atoms with Crippen LogP contribution in [0.25, 0.3) is 0 Å². The van der Waals surface area contributed by atoms with E-state index in [9.17, 15) is 12.9 Å². The summed E-state index contributed by atoms with van der Waals surface area (Å²) in [6, 6.07) is 3.60. The van der Waals surface area contributed by atoms with Crippen LogP contribution in [-0.2, 0) is 13.2 Å². The van der Waals surface area contributed by atoms with Crippen LogP contribution in [0, 0.1) is 0 Å². The molecular weight excluding hydrogens is 325 g/mol. The van der Waals surface area contributed by atoms with E-state index < -0.39 is 12.4 Å². The van der Waals surface area contributed by atoms with Gasteiger partial charge in [-0.2, -0.15) is 5.10 Å². The van der Waals surface area contributed by atoms with Crippen LogP contribution in [0.3, 0.4) is 0 Å². The number of hydrogen-bond donors (Lipinski definition) is 0. The zero-order valence-corrected chi connectivity index (χ0v) is 15.7. The van der Waals surface area contributed by atoms with Crippen LogP contribution >= 0.6 is 0 Å². The van der Waals surface area contributed by atoms with Crippen molar-refractivity contribution in [3.05, 3.63) is 30.4 Å². The van der Waals surface area contributed by atoms with E-state index in [1.807, 2.05) is 6.92 Å². The van der Waals surface area contributed by atoms with Gasteiger partial charge in [0.1, 0.15) is 18.7 Å². The van der Waals surface area contributed by atoms with E-state index >= 15 is 0 Å². The largest absolute Gasteiger partial charge is 1.00 e. The first-order valence-electron chi connectivity index (χ1n) is 6.33. The summed E-state index contributed by atoms with van der Waals surface area (Å²) in [6.07, 6.45) is 1.34. The van der Waals surface area contributed by atoms with Crippen molar-refractivity contribution in [2.75, 3.05) is 7.11 Å². The molecule has 1 aromatic carbocycles. The second-order valence-corrected chi connectivity index (χ2v) is 4.26. The number of rotatable bonds is 6. The first-order chi connectivity index (χ1) is 9.95. The van der Waals surface area contributed by atoms with E-state index in [4.69, 9.17) is 9.47 Å². The van der Waals surface area contributed by atoms with Crippen molar-refractivity contribution in [3.8, 4) is 11.5 Å². The molecule has 10 heteroatoms. The van der Waals surface area contributed by atoms with Crippen LogP contribution in [0.4, 0.5) is 12.9 Å². The van der Waals surface area contributed by atoms with Gasteiger partial charge in [0.25, 0.3) is 0 Å². The summed E-state index contributed by atoms with van der Waals surface area (Å²) in [6.45, 7) is -2.86.